The molecule has 0 aliphatic carbocycles. The topological polar surface area (TPSA) is 35.5 Å². The van der Waals surface area contributed by atoms with Gasteiger partial charge in [-0.15, -0.1) is 0 Å². The molecule has 0 bridgehead atoms. The average Bonchev–Trinajstić information content (AvgIpc) is 2.22. The van der Waals surface area contributed by atoms with Crippen LogP contribution in [0.25, 0.3) is 0 Å². The Kier molecular flexibility index (Phi) is 4.77. The van der Waals surface area contributed by atoms with Crippen LogP contribution in [0, 0.1) is 5.41 Å². The van der Waals surface area contributed by atoms with Gasteiger partial charge in [-0.1, -0.05) is 13.8 Å². The van der Waals surface area contributed by atoms with Crippen molar-refractivity contribution in [3.8, 4) is 0 Å². The molecule has 1 heterocycles. The summed E-state index contributed by atoms with van der Waals surface area (Å²) in [6.45, 7) is 10.8. The maximum atomic E-state index is 9.91. The number of rotatable bonds is 5. The normalized spacial score (nSPS) is 25.3. The molecule has 0 saturated carbocycles. The molecule has 3 heteroatoms. The summed E-state index contributed by atoms with van der Waals surface area (Å²) in [5.74, 6) is 0. The number of likely N-dealkylation sites (tertiary alicyclic amines) is 1. The molecule has 1 rings (SSSR count). The van der Waals surface area contributed by atoms with Gasteiger partial charge in [0.2, 0.25) is 0 Å². The number of nitrogens with one attached hydrogen (secondary N) is 1. The van der Waals surface area contributed by atoms with Crippen LogP contribution in [-0.2, 0) is 0 Å². The lowest BCUT2D eigenvalue weighted by Gasteiger charge is -2.40. The van der Waals surface area contributed by atoms with E-state index in [9.17, 15) is 5.11 Å². The minimum absolute atomic E-state index is 0.359. The number of hydrogen-bond donors (Lipinski definition) is 2. The molecule has 1 saturated heterocycles. The lowest BCUT2D eigenvalue weighted by molar-refractivity contribution is -0.0148. The van der Waals surface area contributed by atoms with Crippen molar-refractivity contribution in [2.75, 3.05) is 33.2 Å². The van der Waals surface area contributed by atoms with Crippen LogP contribution in [0.3, 0.4) is 0 Å². The Morgan fingerprint density at radius 3 is 2.38 bits per heavy atom. The average molecular weight is 228 g/mol. The summed E-state index contributed by atoms with van der Waals surface area (Å²) in [6.07, 6.45) is 3.01. The maximum absolute atomic E-state index is 9.91. The summed E-state index contributed by atoms with van der Waals surface area (Å²) in [5, 5.41) is 13.2. The second-order valence-corrected chi connectivity index (χ2v) is 5.97. The molecule has 0 spiro atoms. The molecule has 1 aliphatic rings. The fraction of sp³-hybridized carbons (Fsp3) is 1.00. The first-order valence-corrected chi connectivity index (χ1v) is 6.50. The highest BCUT2D eigenvalue weighted by Crippen LogP contribution is 2.26. The van der Waals surface area contributed by atoms with Gasteiger partial charge < -0.3 is 15.3 Å². The van der Waals surface area contributed by atoms with E-state index in [0.717, 1.165) is 39.0 Å². The first-order chi connectivity index (χ1) is 7.41. The third-order valence-corrected chi connectivity index (χ3v) is 4.00. The van der Waals surface area contributed by atoms with Gasteiger partial charge >= 0.3 is 0 Å². The molecule has 0 aromatic heterocycles. The highest BCUT2D eigenvalue weighted by atomic mass is 16.3. The van der Waals surface area contributed by atoms with Gasteiger partial charge in [0.15, 0.2) is 0 Å². The van der Waals surface area contributed by atoms with Crippen molar-refractivity contribution in [2.45, 2.75) is 45.6 Å². The van der Waals surface area contributed by atoms with Gasteiger partial charge in [-0.2, -0.15) is 0 Å². The van der Waals surface area contributed by atoms with Crippen LogP contribution in [0.2, 0.25) is 0 Å². The minimum atomic E-state index is -0.428. The summed E-state index contributed by atoms with van der Waals surface area (Å²) in [4.78, 5) is 2.50. The van der Waals surface area contributed by atoms with E-state index in [0.29, 0.717) is 5.41 Å². The smallest absolute Gasteiger partial charge is 0.0644 e. The summed E-state index contributed by atoms with van der Waals surface area (Å²) < 4.78 is 0. The summed E-state index contributed by atoms with van der Waals surface area (Å²) in [7, 11) is 2.02. The SMILES string of the molecule is CCC(C)(CNC)CN1CCC(C)(O)CC1. The van der Waals surface area contributed by atoms with Crippen molar-refractivity contribution in [2.24, 2.45) is 5.41 Å². The second-order valence-electron chi connectivity index (χ2n) is 5.97. The van der Waals surface area contributed by atoms with Crippen LogP contribution in [-0.4, -0.2) is 48.8 Å². The lowest BCUT2D eigenvalue weighted by Crippen LogP contribution is -2.48. The Hall–Kier alpha value is -0.120. The zero-order chi connectivity index (χ0) is 12.2. The van der Waals surface area contributed by atoms with E-state index in [1.54, 1.807) is 0 Å². The van der Waals surface area contributed by atoms with Crippen LogP contribution in [0.5, 0.6) is 0 Å². The predicted molar refractivity (Wildman–Crippen MR) is 68.6 cm³/mol. The Morgan fingerprint density at radius 1 is 1.38 bits per heavy atom. The fourth-order valence-electron chi connectivity index (χ4n) is 2.45. The van der Waals surface area contributed by atoms with Crippen LogP contribution >= 0.6 is 0 Å². The number of piperidine rings is 1. The highest BCUT2D eigenvalue weighted by Gasteiger charge is 2.31. The highest BCUT2D eigenvalue weighted by molar-refractivity contribution is 4.86. The molecule has 0 amide bonds. The largest absolute Gasteiger partial charge is 0.390 e. The Labute approximate surface area is 100 Å². The standard InChI is InChI=1S/C13H28N2O/c1-5-12(2,10-14-4)11-15-8-6-13(3,16)7-9-15/h14,16H,5-11H2,1-4H3. The van der Waals surface area contributed by atoms with Crippen molar-refractivity contribution >= 4 is 0 Å². The van der Waals surface area contributed by atoms with Crippen molar-refractivity contribution in [1.82, 2.24) is 10.2 Å². The van der Waals surface area contributed by atoms with Crippen molar-refractivity contribution in [3.05, 3.63) is 0 Å². The second kappa shape index (κ2) is 5.48. The molecule has 0 radical (unpaired) electrons. The van der Waals surface area contributed by atoms with Crippen LogP contribution in [0.1, 0.15) is 40.0 Å². The van der Waals surface area contributed by atoms with Gasteiger partial charge in [-0.05, 0) is 38.6 Å². The molecule has 1 atom stereocenters. The first kappa shape index (κ1) is 13.9. The third kappa shape index (κ3) is 4.04. The third-order valence-electron chi connectivity index (χ3n) is 4.00. The molecule has 1 unspecified atom stereocenters. The van der Waals surface area contributed by atoms with Crippen LogP contribution in [0.15, 0.2) is 0 Å². The number of nitrogens with zero attached hydrogens (tertiary/aromatic N) is 1. The molecule has 1 aliphatic heterocycles. The van der Waals surface area contributed by atoms with Gasteiger partial charge in [0.25, 0.3) is 0 Å². The predicted octanol–water partition coefficient (Wildman–Crippen LogP) is 1.47. The van der Waals surface area contributed by atoms with Gasteiger partial charge in [-0.3, -0.25) is 0 Å². The minimum Gasteiger partial charge on any atom is -0.390 e. The van der Waals surface area contributed by atoms with E-state index in [1.165, 1.54) is 6.42 Å². The van der Waals surface area contributed by atoms with Crippen LogP contribution < -0.4 is 5.32 Å². The Balaban J connectivity index is 2.42. The van der Waals surface area contributed by atoms with E-state index in [-0.39, 0.29) is 0 Å². The van der Waals surface area contributed by atoms with E-state index >= 15 is 0 Å². The molecule has 3 nitrogen and oxygen atoms in total. The van der Waals surface area contributed by atoms with E-state index in [4.69, 9.17) is 0 Å². The van der Waals surface area contributed by atoms with Crippen molar-refractivity contribution in [3.63, 3.8) is 0 Å². The maximum Gasteiger partial charge on any atom is 0.0644 e. The number of hydrogen-bond acceptors (Lipinski definition) is 3. The van der Waals surface area contributed by atoms with E-state index in [2.05, 4.69) is 24.1 Å². The monoisotopic (exact) mass is 228 g/mol. The lowest BCUT2D eigenvalue weighted by atomic mass is 9.85. The van der Waals surface area contributed by atoms with Gasteiger partial charge in [-0.25, -0.2) is 0 Å². The zero-order valence-corrected chi connectivity index (χ0v) is 11.3. The van der Waals surface area contributed by atoms with E-state index in [1.807, 2.05) is 14.0 Å². The molecule has 16 heavy (non-hydrogen) atoms. The molecule has 0 aromatic rings. The summed E-state index contributed by atoms with van der Waals surface area (Å²) in [6, 6.07) is 0. The Bertz CT molecular complexity index is 208. The molecular formula is C13H28N2O. The summed E-state index contributed by atoms with van der Waals surface area (Å²) >= 11 is 0. The first-order valence-electron chi connectivity index (χ1n) is 6.50. The Morgan fingerprint density at radius 2 is 1.94 bits per heavy atom. The molecular weight excluding hydrogens is 200 g/mol. The molecule has 96 valence electrons. The molecule has 0 aromatic carbocycles. The van der Waals surface area contributed by atoms with Gasteiger partial charge in [0.05, 0.1) is 5.60 Å². The quantitative estimate of drug-likeness (QED) is 0.748. The van der Waals surface area contributed by atoms with E-state index < -0.39 is 5.60 Å². The van der Waals surface area contributed by atoms with Crippen molar-refractivity contribution in [1.29, 1.82) is 0 Å². The molecule has 2 N–H and O–H groups in total. The fourth-order valence-corrected chi connectivity index (χ4v) is 2.45. The van der Waals surface area contributed by atoms with Gasteiger partial charge in [0, 0.05) is 26.2 Å². The van der Waals surface area contributed by atoms with Crippen LogP contribution in [0.4, 0.5) is 0 Å². The van der Waals surface area contributed by atoms with Crippen molar-refractivity contribution < 1.29 is 5.11 Å². The van der Waals surface area contributed by atoms with Gasteiger partial charge in [0.1, 0.15) is 0 Å². The zero-order valence-electron chi connectivity index (χ0n) is 11.3. The number of aliphatic hydroxyl groups is 1. The molecule has 1 fully saturated rings. The summed E-state index contributed by atoms with van der Waals surface area (Å²) in [5.41, 5.74) is -0.0694.